The van der Waals surface area contributed by atoms with Gasteiger partial charge in [0.15, 0.2) is 0 Å². The minimum Gasteiger partial charge on any atom is -0.299 e. The number of alkyl halides is 1. The lowest BCUT2D eigenvalue weighted by Gasteiger charge is -2.37. The Morgan fingerprint density at radius 1 is 1.14 bits per heavy atom. The predicted octanol–water partition coefficient (Wildman–Crippen LogP) is 4.88. The van der Waals surface area contributed by atoms with Crippen LogP contribution in [0.5, 0.6) is 0 Å². The Kier molecular flexibility index (Phi) is 4.46. The number of nitrogens with zero attached hydrogens (tertiary/aromatic N) is 1. The molecule has 1 aromatic rings. The molecule has 0 N–H and O–H groups in total. The van der Waals surface area contributed by atoms with Gasteiger partial charge in [-0.05, 0) is 43.4 Å². The van der Waals surface area contributed by atoms with Crippen molar-refractivity contribution in [1.82, 2.24) is 4.90 Å². The average Bonchev–Trinajstić information content (AvgIpc) is 2.51. The first-order valence-corrected chi connectivity index (χ1v) is 8.05. The fourth-order valence-electron chi connectivity index (χ4n) is 3.17. The summed E-state index contributed by atoms with van der Waals surface area (Å²) in [5.74, 6) is 0. The smallest absolute Gasteiger partial charge is 0.138 e. The van der Waals surface area contributed by atoms with Crippen LogP contribution in [0.1, 0.15) is 31.2 Å². The van der Waals surface area contributed by atoms with Gasteiger partial charge in [-0.1, -0.05) is 47.5 Å². The normalized spacial score (nSPS) is 22.1. The summed E-state index contributed by atoms with van der Waals surface area (Å²) in [4.78, 5) is 2.37. The van der Waals surface area contributed by atoms with Crippen molar-refractivity contribution in [3.05, 3.63) is 58.7 Å². The first-order valence-electron chi connectivity index (χ1n) is 7.68. The van der Waals surface area contributed by atoms with Gasteiger partial charge in [-0.15, -0.1) is 0 Å². The second-order valence-electron chi connectivity index (χ2n) is 6.04. The standard InChI is InChI=1S/C18H21ClFN/c19-17-8-6-16(7-9-17)18(20)10-12-21(13-11-18)14-15-4-2-1-3-5-15/h1-2,4,6-9H,3,5,10-14H2. The number of benzene rings is 1. The third kappa shape index (κ3) is 3.56. The van der Waals surface area contributed by atoms with E-state index in [0.29, 0.717) is 17.9 Å². The molecule has 1 aliphatic carbocycles. The van der Waals surface area contributed by atoms with Gasteiger partial charge < -0.3 is 0 Å². The van der Waals surface area contributed by atoms with Crippen molar-refractivity contribution >= 4 is 11.6 Å². The Hall–Kier alpha value is -1.12. The number of likely N-dealkylation sites (tertiary alicyclic amines) is 1. The highest BCUT2D eigenvalue weighted by atomic mass is 35.5. The molecule has 0 amide bonds. The first-order chi connectivity index (χ1) is 10.2. The summed E-state index contributed by atoms with van der Waals surface area (Å²) in [5, 5.41) is 0.664. The maximum absolute atomic E-state index is 15.1. The zero-order chi connectivity index (χ0) is 14.7. The molecular formula is C18H21ClFN. The maximum atomic E-state index is 15.1. The maximum Gasteiger partial charge on any atom is 0.138 e. The van der Waals surface area contributed by atoms with Crippen molar-refractivity contribution < 1.29 is 4.39 Å². The molecule has 3 heteroatoms. The molecule has 112 valence electrons. The van der Waals surface area contributed by atoms with Crippen LogP contribution in [0.15, 0.2) is 48.1 Å². The van der Waals surface area contributed by atoms with Crippen LogP contribution in [-0.4, -0.2) is 24.5 Å². The molecule has 0 unspecified atom stereocenters. The molecule has 0 bridgehead atoms. The van der Waals surface area contributed by atoms with E-state index in [1.54, 1.807) is 12.1 Å². The number of hydrogen-bond donors (Lipinski definition) is 0. The van der Waals surface area contributed by atoms with Crippen molar-refractivity contribution in [1.29, 1.82) is 0 Å². The second-order valence-corrected chi connectivity index (χ2v) is 6.48. The molecule has 1 saturated heterocycles. The molecule has 0 aromatic heterocycles. The van der Waals surface area contributed by atoms with Crippen molar-refractivity contribution in [3.8, 4) is 0 Å². The number of hydrogen-bond acceptors (Lipinski definition) is 1. The van der Waals surface area contributed by atoms with Gasteiger partial charge in [0, 0.05) is 24.7 Å². The Labute approximate surface area is 131 Å². The number of allylic oxidation sites excluding steroid dienone is 3. The fourth-order valence-corrected chi connectivity index (χ4v) is 3.30. The van der Waals surface area contributed by atoms with E-state index < -0.39 is 5.67 Å². The Morgan fingerprint density at radius 3 is 2.48 bits per heavy atom. The van der Waals surface area contributed by atoms with Gasteiger partial charge >= 0.3 is 0 Å². The molecule has 0 saturated carbocycles. The zero-order valence-corrected chi connectivity index (χ0v) is 13.0. The summed E-state index contributed by atoms with van der Waals surface area (Å²) in [7, 11) is 0. The second kappa shape index (κ2) is 6.33. The van der Waals surface area contributed by atoms with Crippen LogP contribution in [0.25, 0.3) is 0 Å². The van der Waals surface area contributed by atoms with Gasteiger partial charge in [-0.3, -0.25) is 4.90 Å². The highest BCUT2D eigenvalue weighted by molar-refractivity contribution is 6.30. The Bertz CT molecular complexity index is 539. The van der Waals surface area contributed by atoms with Crippen LogP contribution in [-0.2, 0) is 5.67 Å². The van der Waals surface area contributed by atoms with Gasteiger partial charge in [0.25, 0.3) is 0 Å². The van der Waals surface area contributed by atoms with E-state index in [4.69, 9.17) is 11.6 Å². The molecule has 0 spiro atoms. The number of piperidine rings is 1. The molecule has 1 aromatic carbocycles. The molecule has 0 atom stereocenters. The lowest BCUT2D eigenvalue weighted by Crippen LogP contribution is -2.41. The highest BCUT2D eigenvalue weighted by Gasteiger charge is 2.36. The van der Waals surface area contributed by atoms with E-state index in [1.807, 2.05) is 12.1 Å². The SMILES string of the molecule is FC1(c2ccc(Cl)cc2)CCN(CC2=CC=CCC2)CC1. The van der Waals surface area contributed by atoms with Gasteiger partial charge in [-0.25, -0.2) is 4.39 Å². The molecule has 2 aliphatic rings. The Balaban J connectivity index is 1.60. The van der Waals surface area contributed by atoms with E-state index in [-0.39, 0.29) is 0 Å². The number of halogens is 2. The van der Waals surface area contributed by atoms with Crippen LogP contribution in [0, 0.1) is 0 Å². The molecule has 1 aliphatic heterocycles. The van der Waals surface area contributed by atoms with E-state index in [0.717, 1.165) is 38.0 Å². The third-order valence-corrected chi connectivity index (χ3v) is 4.79. The zero-order valence-electron chi connectivity index (χ0n) is 12.2. The van der Waals surface area contributed by atoms with Gasteiger partial charge in [0.05, 0.1) is 0 Å². The van der Waals surface area contributed by atoms with Crippen molar-refractivity contribution in [2.75, 3.05) is 19.6 Å². The van der Waals surface area contributed by atoms with E-state index >= 15 is 4.39 Å². The van der Waals surface area contributed by atoms with Crippen LogP contribution < -0.4 is 0 Å². The molecule has 1 nitrogen and oxygen atoms in total. The van der Waals surface area contributed by atoms with Crippen LogP contribution >= 0.6 is 11.6 Å². The lowest BCUT2D eigenvalue weighted by molar-refractivity contribution is 0.0598. The summed E-state index contributed by atoms with van der Waals surface area (Å²) in [6.07, 6.45) is 9.96. The summed E-state index contributed by atoms with van der Waals surface area (Å²) in [6.45, 7) is 2.63. The van der Waals surface area contributed by atoms with E-state index in [1.165, 1.54) is 5.57 Å². The van der Waals surface area contributed by atoms with Gasteiger partial charge in [-0.2, -0.15) is 0 Å². The fraction of sp³-hybridized carbons (Fsp3) is 0.444. The van der Waals surface area contributed by atoms with Crippen molar-refractivity contribution in [2.45, 2.75) is 31.4 Å². The summed E-state index contributed by atoms with van der Waals surface area (Å²) in [6, 6.07) is 7.21. The topological polar surface area (TPSA) is 3.24 Å². The molecule has 1 heterocycles. The molecule has 1 fully saturated rings. The molecule has 3 rings (SSSR count). The predicted molar refractivity (Wildman–Crippen MR) is 86.4 cm³/mol. The van der Waals surface area contributed by atoms with Crippen molar-refractivity contribution in [3.63, 3.8) is 0 Å². The molecule has 21 heavy (non-hydrogen) atoms. The monoisotopic (exact) mass is 305 g/mol. The van der Waals surface area contributed by atoms with Crippen molar-refractivity contribution in [2.24, 2.45) is 0 Å². The Morgan fingerprint density at radius 2 is 1.86 bits per heavy atom. The molecule has 0 radical (unpaired) electrons. The average molecular weight is 306 g/mol. The quantitative estimate of drug-likeness (QED) is 0.769. The number of rotatable bonds is 3. The first kappa shape index (κ1) is 14.8. The van der Waals surface area contributed by atoms with Crippen LogP contribution in [0.4, 0.5) is 4.39 Å². The van der Waals surface area contributed by atoms with Gasteiger partial charge in [0.2, 0.25) is 0 Å². The minimum atomic E-state index is -1.19. The largest absolute Gasteiger partial charge is 0.299 e. The van der Waals surface area contributed by atoms with Crippen LogP contribution in [0.2, 0.25) is 5.02 Å². The van der Waals surface area contributed by atoms with Gasteiger partial charge in [0.1, 0.15) is 5.67 Å². The minimum absolute atomic E-state index is 0.567. The van der Waals surface area contributed by atoms with Crippen LogP contribution in [0.3, 0.4) is 0 Å². The summed E-state index contributed by atoms with van der Waals surface area (Å²) in [5.41, 5.74) is 1.05. The lowest BCUT2D eigenvalue weighted by atomic mass is 9.86. The van der Waals surface area contributed by atoms with E-state index in [2.05, 4.69) is 23.1 Å². The van der Waals surface area contributed by atoms with E-state index in [9.17, 15) is 0 Å². The highest BCUT2D eigenvalue weighted by Crippen LogP contribution is 2.37. The molecular weight excluding hydrogens is 285 g/mol. The summed E-state index contributed by atoms with van der Waals surface area (Å²) >= 11 is 5.89. The third-order valence-electron chi connectivity index (χ3n) is 4.54. The summed E-state index contributed by atoms with van der Waals surface area (Å²) < 4.78 is 15.1.